The van der Waals surface area contributed by atoms with Gasteiger partial charge >= 0.3 is 0 Å². The number of carbonyl (C=O) groups excluding carboxylic acids is 1. The predicted molar refractivity (Wildman–Crippen MR) is 89.2 cm³/mol. The standard InChI is InChI=1S/C15H20N2O3S2/c1-22(19,20)14-4-2-13(3-5-14)17-10-12(11-17)15(18)16-6-8-21-9-7-16/h2-5,12H,6-11H2,1H3. The quantitative estimate of drug-likeness (QED) is 0.825. The molecule has 1 amide bonds. The molecule has 1 aromatic carbocycles. The maximum Gasteiger partial charge on any atom is 0.229 e. The number of hydrogen-bond acceptors (Lipinski definition) is 5. The number of sulfone groups is 1. The number of anilines is 1. The fourth-order valence-electron chi connectivity index (χ4n) is 2.79. The zero-order valence-corrected chi connectivity index (χ0v) is 14.2. The van der Waals surface area contributed by atoms with Crippen molar-refractivity contribution in [1.82, 2.24) is 4.90 Å². The van der Waals surface area contributed by atoms with E-state index in [0.29, 0.717) is 4.90 Å². The van der Waals surface area contributed by atoms with Gasteiger partial charge in [-0.15, -0.1) is 0 Å². The highest BCUT2D eigenvalue weighted by Gasteiger charge is 2.35. The van der Waals surface area contributed by atoms with Gasteiger partial charge in [0.15, 0.2) is 9.84 Å². The Morgan fingerprint density at radius 2 is 1.73 bits per heavy atom. The summed E-state index contributed by atoms with van der Waals surface area (Å²) in [5, 5.41) is 0. The molecule has 0 bridgehead atoms. The molecule has 1 aromatic rings. The number of amides is 1. The molecule has 0 saturated carbocycles. The number of thioether (sulfide) groups is 1. The van der Waals surface area contributed by atoms with Crippen molar-refractivity contribution >= 4 is 33.2 Å². The Hall–Kier alpha value is -1.21. The third-order valence-electron chi connectivity index (χ3n) is 4.18. The van der Waals surface area contributed by atoms with Crippen LogP contribution in [-0.4, -0.2) is 63.2 Å². The van der Waals surface area contributed by atoms with E-state index in [9.17, 15) is 13.2 Å². The van der Waals surface area contributed by atoms with E-state index >= 15 is 0 Å². The van der Waals surface area contributed by atoms with E-state index in [0.717, 1.165) is 43.4 Å². The average Bonchev–Trinajstić information content (AvgIpc) is 2.46. The van der Waals surface area contributed by atoms with Gasteiger partial charge in [0.05, 0.1) is 10.8 Å². The fraction of sp³-hybridized carbons (Fsp3) is 0.533. The molecule has 2 aliphatic heterocycles. The van der Waals surface area contributed by atoms with Crippen molar-refractivity contribution in [3.63, 3.8) is 0 Å². The minimum absolute atomic E-state index is 0.0812. The van der Waals surface area contributed by atoms with Crippen molar-refractivity contribution in [2.24, 2.45) is 5.92 Å². The first-order chi connectivity index (χ1) is 10.4. The molecule has 0 spiro atoms. The molecule has 7 heteroatoms. The Labute approximate surface area is 135 Å². The number of benzene rings is 1. The summed E-state index contributed by atoms with van der Waals surface area (Å²) in [6.45, 7) is 3.17. The minimum atomic E-state index is -3.15. The Kier molecular flexibility index (Phi) is 4.36. The van der Waals surface area contributed by atoms with Crippen LogP contribution in [0.5, 0.6) is 0 Å². The molecule has 2 saturated heterocycles. The first-order valence-corrected chi connectivity index (χ1v) is 10.4. The van der Waals surface area contributed by atoms with Crippen molar-refractivity contribution in [2.45, 2.75) is 4.90 Å². The molecule has 0 N–H and O–H groups in total. The number of carbonyl (C=O) groups is 1. The highest BCUT2D eigenvalue weighted by molar-refractivity contribution is 7.99. The summed E-state index contributed by atoms with van der Waals surface area (Å²) >= 11 is 1.90. The lowest BCUT2D eigenvalue weighted by atomic mass is 9.97. The molecule has 0 aliphatic carbocycles. The molecule has 3 rings (SSSR count). The number of nitrogens with zero attached hydrogens (tertiary/aromatic N) is 2. The van der Waals surface area contributed by atoms with Crippen LogP contribution in [0.2, 0.25) is 0 Å². The van der Waals surface area contributed by atoms with E-state index in [4.69, 9.17) is 0 Å². The van der Waals surface area contributed by atoms with Gasteiger partial charge in [0, 0.05) is 49.6 Å². The van der Waals surface area contributed by atoms with Crippen LogP contribution in [0.3, 0.4) is 0 Å². The summed E-state index contributed by atoms with van der Waals surface area (Å²) in [6.07, 6.45) is 1.21. The second-order valence-corrected chi connectivity index (χ2v) is 9.05. The van der Waals surface area contributed by atoms with E-state index in [1.807, 2.05) is 28.8 Å². The lowest BCUT2D eigenvalue weighted by Crippen LogP contribution is -2.55. The van der Waals surface area contributed by atoms with Crippen molar-refractivity contribution in [3.8, 4) is 0 Å². The molecule has 22 heavy (non-hydrogen) atoms. The molecule has 0 unspecified atom stereocenters. The van der Waals surface area contributed by atoms with Crippen molar-refractivity contribution in [1.29, 1.82) is 0 Å². The Bertz CT molecular complexity index is 646. The lowest BCUT2D eigenvalue weighted by Gasteiger charge is -2.42. The molecule has 0 atom stereocenters. The Morgan fingerprint density at radius 1 is 1.14 bits per heavy atom. The van der Waals surface area contributed by atoms with Crippen LogP contribution >= 0.6 is 11.8 Å². The Balaban J connectivity index is 1.57. The molecule has 2 aliphatic rings. The second-order valence-electron chi connectivity index (χ2n) is 5.81. The van der Waals surface area contributed by atoms with Gasteiger partial charge in [0.1, 0.15) is 0 Å². The van der Waals surface area contributed by atoms with E-state index in [-0.39, 0.29) is 11.8 Å². The summed E-state index contributed by atoms with van der Waals surface area (Å²) < 4.78 is 22.9. The number of hydrogen-bond donors (Lipinski definition) is 0. The largest absolute Gasteiger partial charge is 0.370 e. The molecule has 0 aromatic heterocycles. The van der Waals surface area contributed by atoms with Crippen LogP contribution in [0.1, 0.15) is 0 Å². The average molecular weight is 340 g/mol. The molecule has 120 valence electrons. The first-order valence-electron chi connectivity index (χ1n) is 7.37. The van der Waals surface area contributed by atoms with E-state index < -0.39 is 9.84 Å². The van der Waals surface area contributed by atoms with Gasteiger partial charge in [-0.3, -0.25) is 4.79 Å². The van der Waals surface area contributed by atoms with Crippen LogP contribution < -0.4 is 4.90 Å². The van der Waals surface area contributed by atoms with Gasteiger partial charge in [-0.2, -0.15) is 11.8 Å². The summed E-state index contributed by atoms with van der Waals surface area (Å²) in [6, 6.07) is 6.88. The maximum absolute atomic E-state index is 12.4. The lowest BCUT2D eigenvalue weighted by molar-refractivity contribution is -0.135. The summed E-state index contributed by atoms with van der Waals surface area (Å²) in [4.78, 5) is 16.8. The van der Waals surface area contributed by atoms with Gasteiger partial charge in [-0.25, -0.2) is 8.42 Å². The van der Waals surface area contributed by atoms with Crippen LogP contribution in [0.25, 0.3) is 0 Å². The fourth-order valence-corrected chi connectivity index (χ4v) is 4.33. The summed E-state index contributed by atoms with van der Waals surface area (Å²) in [5.41, 5.74) is 0.977. The van der Waals surface area contributed by atoms with Crippen LogP contribution in [0.4, 0.5) is 5.69 Å². The second kappa shape index (κ2) is 6.12. The van der Waals surface area contributed by atoms with Gasteiger partial charge < -0.3 is 9.80 Å². The topological polar surface area (TPSA) is 57.7 Å². The van der Waals surface area contributed by atoms with Gasteiger partial charge in [-0.1, -0.05) is 0 Å². The normalized spacial score (nSPS) is 19.9. The minimum Gasteiger partial charge on any atom is -0.370 e. The van der Waals surface area contributed by atoms with E-state index in [1.165, 1.54) is 6.26 Å². The van der Waals surface area contributed by atoms with Crippen LogP contribution in [0, 0.1) is 5.92 Å². The SMILES string of the molecule is CS(=O)(=O)c1ccc(N2CC(C(=O)N3CCSCC3)C2)cc1. The zero-order chi connectivity index (χ0) is 15.7. The highest BCUT2D eigenvalue weighted by atomic mass is 32.2. The molecular weight excluding hydrogens is 320 g/mol. The monoisotopic (exact) mass is 340 g/mol. The van der Waals surface area contributed by atoms with Crippen LogP contribution in [0.15, 0.2) is 29.2 Å². The van der Waals surface area contributed by atoms with Crippen molar-refractivity contribution < 1.29 is 13.2 Å². The maximum atomic E-state index is 12.4. The molecule has 2 heterocycles. The summed E-state index contributed by atoms with van der Waals surface area (Å²) in [7, 11) is -3.15. The summed E-state index contributed by atoms with van der Waals surface area (Å²) in [5.74, 6) is 2.42. The highest BCUT2D eigenvalue weighted by Crippen LogP contribution is 2.27. The molecule has 2 fully saturated rings. The molecular formula is C15H20N2O3S2. The third kappa shape index (κ3) is 3.25. The third-order valence-corrected chi connectivity index (χ3v) is 6.25. The van der Waals surface area contributed by atoms with E-state index in [1.54, 1.807) is 12.1 Å². The number of rotatable bonds is 3. The van der Waals surface area contributed by atoms with Gasteiger partial charge in [-0.05, 0) is 24.3 Å². The van der Waals surface area contributed by atoms with E-state index in [2.05, 4.69) is 4.90 Å². The van der Waals surface area contributed by atoms with Crippen molar-refractivity contribution in [2.75, 3.05) is 48.8 Å². The zero-order valence-electron chi connectivity index (χ0n) is 12.6. The van der Waals surface area contributed by atoms with Gasteiger partial charge in [0.25, 0.3) is 0 Å². The smallest absolute Gasteiger partial charge is 0.229 e. The first kappa shape index (κ1) is 15.7. The van der Waals surface area contributed by atoms with Crippen LogP contribution in [-0.2, 0) is 14.6 Å². The Morgan fingerprint density at radius 3 is 2.27 bits per heavy atom. The predicted octanol–water partition coefficient (Wildman–Crippen LogP) is 1.10. The van der Waals surface area contributed by atoms with Gasteiger partial charge in [0.2, 0.25) is 5.91 Å². The van der Waals surface area contributed by atoms with Crippen molar-refractivity contribution in [3.05, 3.63) is 24.3 Å². The molecule has 5 nitrogen and oxygen atoms in total. The molecule has 0 radical (unpaired) electrons.